The van der Waals surface area contributed by atoms with Gasteiger partial charge >= 0.3 is 0 Å². The molecule has 3 fully saturated rings. The second-order valence-corrected chi connectivity index (χ2v) is 3.09. The maximum Gasteiger partial charge on any atom is 0.0632 e. The quantitative estimate of drug-likeness (QED) is 0.387. The van der Waals surface area contributed by atoms with Crippen LogP contribution >= 0.6 is 0 Å². The van der Waals surface area contributed by atoms with Crippen LogP contribution in [0.2, 0.25) is 0 Å². The van der Waals surface area contributed by atoms with Crippen molar-refractivity contribution < 1.29 is 5.21 Å². The average Bonchev–Trinajstić information content (AvgIpc) is 1.90. The van der Waals surface area contributed by atoms with Crippen molar-refractivity contribution in [3.8, 4) is 0 Å². The lowest BCUT2D eigenvalue weighted by atomic mass is 9.63. The first-order chi connectivity index (χ1) is 4.42. The Hall–Kier alpha value is -0.530. The molecule has 3 aliphatic rings. The third kappa shape index (κ3) is 0.590. The van der Waals surface area contributed by atoms with Crippen LogP contribution in [0.3, 0.4) is 0 Å². The van der Waals surface area contributed by atoms with Gasteiger partial charge in [-0.15, -0.1) is 0 Å². The van der Waals surface area contributed by atoms with Crippen molar-refractivity contribution in [2.24, 2.45) is 17.0 Å². The Morgan fingerprint density at radius 1 is 1.33 bits per heavy atom. The van der Waals surface area contributed by atoms with E-state index in [1.54, 1.807) is 0 Å². The van der Waals surface area contributed by atoms with Gasteiger partial charge in [-0.05, 0) is 19.3 Å². The van der Waals surface area contributed by atoms with Gasteiger partial charge in [-0.1, -0.05) is 11.6 Å². The standard InChI is InChI=1S/C7H11NO/c9-8-7-5-2-1-3-6(7)4-5/h5-6,9H,1-4H2. The molecule has 2 atom stereocenters. The van der Waals surface area contributed by atoms with Crippen LogP contribution in [-0.2, 0) is 0 Å². The third-order valence-electron chi connectivity index (χ3n) is 2.63. The first-order valence-electron chi connectivity index (χ1n) is 3.63. The van der Waals surface area contributed by atoms with Crippen LogP contribution in [0.1, 0.15) is 25.7 Å². The second-order valence-electron chi connectivity index (χ2n) is 3.09. The predicted molar refractivity (Wildman–Crippen MR) is 34.7 cm³/mol. The SMILES string of the molecule is ON=C1C2CCCC1C2. The van der Waals surface area contributed by atoms with Crippen molar-refractivity contribution in [1.82, 2.24) is 0 Å². The molecule has 0 amide bonds. The van der Waals surface area contributed by atoms with E-state index in [0.717, 1.165) is 5.71 Å². The Bertz CT molecular complexity index is 137. The summed E-state index contributed by atoms with van der Waals surface area (Å²) in [6.07, 6.45) is 5.15. The molecule has 50 valence electrons. The normalized spacial score (nSPS) is 39.8. The van der Waals surface area contributed by atoms with Gasteiger partial charge < -0.3 is 5.21 Å². The summed E-state index contributed by atoms with van der Waals surface area (Å²) >= 11 is 0. The Morgan fingerprint density at radius 3 is 2.33 bits per heavy atom. The highest BCUT2D eigenvalue weighted by Crippen LogP contribution is 2.42. The highest BCUT2D eigenvalue weighted by atomic mass is 16.4. The number of rotatable bonds is 0. The molecular formula is C7H11NO. The van der Waals surface area contributed by atoms with E-state index < -0.39 is 0 Å². The van der Waals surface area contributed by atoms with Crippen LogP contribution in [0.15, 0.2) is 5.16 Å². The van der Waals surface area contributed by atoms with E-state index in [4.69, 9.17) is 5.21 Å². The third-order valence-corrected chi connectivity index (χ3v) is 2.63. The zero-order valence-corrected chi connectivity index (χ0v) is 5.38. The molecule has 0 spiro atoms. The smallest absolute Gasteiger partial charge is 0.0632 e. The minimum atomic E-state index is 0.661. The fraction of sp³-hybridized carbons (Fsp3) is 0.857. The summed E-state index contributed by atoms with van der Waals surface area (Å²) < 4.78 is 0. The summed E-state index contributed by atoms with van der Waals surface area (Å²) in [5.41, 5.74) is 1.08. The molecule has 2 bridgehead atoms. The molecule has 0 aromatic rings. The van der Waals surface area contributed by atoms with Gasteiger partial charge in [-0.25, -0.2) is 0 Å². The van der Waals surface area contributed by atoms with Gasteiger partial charge in [0.25, 0.3) is 0 Å². The van der Waals surface area contributed by atoms with E-state index in [1.807, 2.05) is 0 Å². The van der Waals surface area contributed by atoms with Gasteiger partial charge in [0.2, 0.25) is 0 Å². The highest BCUT2D eigenvalue weighted by Gasteiger charge is 2.40. The number of fused-ring (bicyclic) bond motifs is 2. The lowest BCUT2D eigenvalue weighted by Crippen LogP contribution is -2.41. The van der Waals surface area contributed by atoms with Crippen LogP contribution in [-0.4, -0.2) is 10.9 Å². The molecule has 3 aliphatic carbocycles. The van der Waals surface area contributed by atoms with Crippen molar-refractivity contribution in [3.63, 3.8) is 0 Å². The van der Waals surface area contributed by atoms with Crippen LogP contribution in [0.25, 0.3) is 0 Å². The van der Waals surface area contributed by atoms with E-state index in [1.165, 1.54) is 25.7 Å². The van der Waals surface area contributed by atoms with Gasteiger partial charge in [-0.3, -0.25) is 0 Å². The summed E-state index contributed by atoms with van der Waals surface area (Å²) in [7, 11) is 0. The van der Waals surface area contributed by atoms with Crippen molar-refractivity contribution in [3.05, 3.63) is 0 Å². The second kappa shape index (κ2) is 1.72. The fourth-order valence-electron chi connectivity index (χ4n) is 2.06. The summed E-state index contributed by atoms with van der Waals surface area (Å²) in [6, 6.07) is 0. The molecule has 0 heterocycles. The van der Waals surface area contributed by atoms with E-state index in [0.29, 0.717) is 11.8 Å². The Labute approximate surface area is 54.6 Å². The molecule has 0 aromatic heterocycles. The molecule has 3 saturated carbocycles. The molecule has 0 aromatic carbocycles. The fourth-order valence-corrected chi connectivity index (χ4v) is 2.06. The zero-order valence-electron chi connectivity index (χ0n) is 5.38. The average molecular weight is 125 g/mol. The monoisotopic (exact) mass is 125 g/mol. The Balaban J connectivity index is 2.13. The van der Waals surface area contributed by atoms with Crippen molar-refractivity contribution in [2.45, 2.75) is 25.7 Å². The molecule has 1 N–H and O–H groups in total. The Kier molecular flexibility index (Phi) is 1.01. The van der Waals surface area contributed by atoms with Crippen molar-refractivity contribution in [2.75, 3.05) is 0 Å². The van der Waals surface area contributed by atoms with Crippen LogP contribution in [0, 0.1) is 11.8 Å². The first kappa shape index (κ1) is 5.27. The van der Waals surface area contributed by atoms with E-state index >= 15 is 0 Å². The zero-order chi connectivity index (χ0) is 6.27. The highest BCUT2D eigenvalue weighted by molar-refractivity contribution is 5.94. The summed E-state index contributed by atoms with van der Waals surface area (Å²) in [5, 5.41) is 11.8. The molecule has 0 aliphatic heterocycles. The first-order valence-corrected chi connectivity index (χ1v) is 3.63. The van der Waals surface area contributed by atoms with Crippen molar-refractivity contribution in [1.29, 1.82) is 0 Å². The molecule has 0 saturated heterocycles. The molecule has 2 nitrogen and oxygen atoms in total. The molecule has 0 radical (unpaired) electrons. The van der Waals surface area contributed by atoms with Gasteiger partial charge in [0.05, 0.1) is 5.71 Å². The number of hydrogen-bond donors (Lipinski definition) is 1. The van der Waals surface area contributed by atoms with Gasteiger partial charge in [0, 0.05) is 11.8 Å². The maximum atomic E-state index is 8.48. The lowest BCUT2D eigenvalue weighted by Gasteiger charge is -2.41. The van der Waals surface area contributed by atoms with Crippen molar-refractivity contribution >= 4 is 5.71 Å². The van der Waals surface area contributed by atoms with Gasteiger partial charge in [0.15, 0.2) is 0 Å². The number of hydrogen-bond acceptors (Lipinski definition) is 2. The molecular weight excluding hydrogens is 114 g/mol. The molecule has 3 rings (SSSR count). The maximum absolute atomic E-state index is 8.48. The van der Waals surface area contributed by atoms with Gasteiger partial charge in [-0.2, -0.15) is 0 Å². The van der Waals surface area contributed by atoms with Crippen LogP contribution < -0.4 is 0 Å². The Morgan fingerprint density at radius 2 is 2.00 bits per heavy atom. The van der Waals surface area contributed by atoms with Gasteiger partial charge in [0.1, 0.15) is 0 Å². The summed E-state index contributed by atoms with van der Waals surface area (Å²) in [5.74, 6) is 1.32. The van der Waals surface area contributed by atoms with E-state index in [-0.39, 0.29) is 0 Å². The molecule has 9 heavy (non-hydrogen) atoms. The van der Waals surface area contributed by atoms with E-state index in [9.17, 15) is 0 Å². The minimum Gasteiger partial charge on any atom is -0.411 e. The summed E-state index contributed by atoms with van der Waals surface area (Å²) in [4.78, 5) is 0. The molecule has 2 heteroatoms. The predicted octanol–water partition coefficient (Wildman–Crippen LogP) is 1.64. The molecule has 2 unspecified atom stereocenters. The summed E-state index contributed by atoms with van der Waals surface area (Å²) in [6.45, 7) is 0. The number of oxime groups is 1. The van der Waals surface area contributed by atoms with Crippen LogP contribution in [0.5, 0.6) is 0 Å². The lowest BCUT2D eigenvalue weighted by molar-refractivity contribution is 0.253. The largest absolute Gasteiger partial charge is 0.411 e. The minimum absolute atomic E-state index is 0.661. The van der Waals surface area contributed by atoms with Crippen LogP contribution in [0.4, 0.5) is 0 Å². The number of nitrogens with zero attached hydrogens (tertiary/aromatic N) is 1. The topological polar surface area (TPSA) is 32.6 Å². The van der Waals surface area contributed by atoms with E-state index in [2.05, 4.69) is 5.16 Å².